The molecule has 0 fully saturated rings. The SMILES string of the molecule is COC(=O)COc1cc(=O)[nH]c(-c2ccc3cc(O)ccc3c2)n1. The number of nitrogens with zero attached hydrogens (tertiary/aromatic N) is 1. The van der Waals surface area contributed by atoms with Gasteiger partial charge in [-0.25, -0.2) is 4.79 Å². The lowest BCUT2D eigenvalue weighted by Gasteiger charge is -2.07. The van der Waals surface area contributed by atoms with E-state index in [4.69, 9.17) is 4.74 Å². The summed E-state index contributed by atoms with van der Waals surface area (Å²) < 4.78 is 9.64. The standard InChI is InChI=1S/C17H14N2O5/c1-23-16(22)9-24-15-8-14(21)18-17(19-15)12-3-2-11-7-13(20)5-4-10(11)6-12/h2-8,20H,9H2,1H3,(H,18,19,21). The van der Waals surface area contributed by atoms with Crippen LogP contribution in [0.15, 0.2) is 47.3 Å². The molecule has 122 valence electrons. The first kappa shape index (κ1) is 15.5. The highest BCUT2D eigenvalue weighted by Gasteiger charge is 2.08. The van der Waals surface area contributed by atoms with E-state index >= 15 is 0 Å². The normalized spacial score (nSPS) is 10.5. The van der Waals surface area contributed by atoms with Gasteiger partial charge in [-0.1, -0.05) is 18.2 Å². The third-order valence-electron chi connectivity index (χ3n) is 3.38. The number of hydrogen-bond acceptors (Lipinski definition) is 6. The van der Waals surface area contributed by atoms with Gasteiger partial charge in [-0.3, -0.25) is 4.79 Å². The van der Waals surface area contributed by atoms with Gasteiger partial charge in [0.25, 0.3) is 5.56 Å². The van der Waals surface area contributed by atoms with Crippen molar-refractivity contribution in [2.24, 2.45) is 0 Å². The molecule has 2 N–H and O–H groups in total. The van der Waals surface area contributed by atoms with Gasteiger partial charge in [0.2, 0.25) is 5.88 Å². The lowest BCUT2D eigenvalue weighted by atomic mass is 10.1. The fourth-order valence-electron chi connectivity index (χ4n) is 2.22. The molecule has 0 unspecified atom stereocenters. The number of phenolic OH excluding ortho intramolecular Hbond substituents is 1. The molecule has 0 atom stereocenters. The molecule has 7 heteroatoms. The van der Waals surface area contributed by atoms with E-state index in [1.165, 1.54) is 7.11 Å². The van der Waals surface area contributed by atoms with E-state index in [0.29, 0.717) is 11.4 Å². The molecule has 0 radical (unpaired) electrons. The van der Waals surface area contributed by atoms with E-state index in [9.17, 15) is 14.7 Å². The van der Waals surface area contributed by atoms with Crippen molar-refractivity contribution in [3.8, 4) is 23.0 Å². The van der Waals surface area contributed by atoms with Crippen molar-refractivity contribution < 1.29 is 19.4 Å². The number of phenols is 1. The molecular weight excluding hydrogens is 312 g/mol. The molecule has 24 heavy (non-hydrogen) atoms. The zero-order valence-electron chi connectivity index (χ0n) is 12.8. The summed E-state index contributed by atoms with van der Waals surface area (Å²) in [6, 6.07) is 11.6. The van der Waals surface area contributed by atoms with Gasteiger partial charge in [0.15, 0.2) is 6.61 Å². The van der Waals surface area contributed by atoms with E-state index in [1.54, 1.807) is 24.3 Å². The van der Waals surface area contributed by atoms with Crippen LogP contribution in [0.4, 0.5) is 0 Å². The minimum absolute atomic E-state index is 0.0324. The van der Waals surface area contributed by atoms with Crippen molar-refractivity contribution in [2.45, 2.75) is 0 Å². The van der Waals surface area contributed by atoms with Crippen molar-refractivity contribution in [3.63, 3.8) is 0 Å². The van der Waals surface area contributed by atoms with Gasteiger partial charge in [-0.05, 0) is 29.0 Å². The number of carbonyl (C=O) groups excluding carboxylic acids is 1. The van der Waals surface area contributed by atoms with Gasteiger partial charge in [-0.2, -0.15) is 4.98 Å². The highest BCUT2D eigenvalue weighted by Crippen LogP contribution is 2.25. The summed E-state index contributed by atoms with van der Waals surface area (Å²) in [7, 11) is 1.25. The van der Waals surface area contributed by atoms with Gasteiger partial charge < -0.3 is 19.6 Å². The number of hydrogen-bond donors (Lipinski definition) is 2. The summed E-state index contributed by atoms with van der Waals surface area (Å²) in [5.74, 6) is -0.0357. The molecule has 0 aliphatic heterocycles. The van der Waals surface area contributed by atoms with Crippen LogP contribution in [0.5, 0.6) is 11.6 Å². The van der Waals surface area contributed by atoms with E-state index in [-0.39, 0.29) is 18.2 Å². The first-order chi connectivity index (χ1) is 11.5. The summed E-state index contributed by atoms with van der Waals surface area (Å²) in [5.41, 5.74) is 0.277. The van der Waals surface area contributed by atoms with Gasteiger partial charge >= 0.3 is 5.97 Å². The number of fused-ring (bicyclic) bond motifs is 1. The number of methoxy groups -OCH3 is 1. The van der Waals surface area contributed by atoms with Crippen molar-refractivity contribution in [1.82, 2.24) is 9.97 Å². The van der Waals surface area contributed by atoms with Crippen molar-refractivity contribution >= 4 is 16.7 Å². The number of aromatic nitrogens is 2. The Morgan fingerprint density at radius 2 is 1.92 bits per heavy atom. The molecule has 0 amide bonds. The number of esters is 1. The van der Waals surface area contributed by atoms with Gasteiger partial charge in [0.05, 0.1) is 13.2 Å². The lowest BCUT2D eigenvalue weighted by Crippen LogP contribution is -2.16. The van der Waals surface area contributed by atoms with Crippen LogP contribution >= 0.6 is 0 Å². The highest BCUT2D eigenvalue weighted by molar-refractivity contribution is 5.87. The average Bonchev–Trinajstić information content (AvgIpc) is 2.58. The molecule has 3 rings (SSSR count). The maximum absolute atomic E-state index is 11.8. The van der Waals surface area contributed by atoms with Crippen LogP contribution in [-0.2, 0) is 9.53 Å². The predicted octanol–water partition coefficient (Wildman–Crippen LogP) is 1.85. The molecule has 0 spiro atoms. The van der Waals surface area contributed by atoms with Gasteiger partial charge in [-0.15, -0.1) is 0 Å². The molecule has 1 aromatic heterocycles. The third-order valence-corrected chi connectivity index (χ3v) is 3.38. The zero-order valence-corrected chi connectivity index (χ0v) is 12.8. The van der Waals surface area contributed by atoms with Crippen molar-refractivity contribution in [3.05, 3.63) is 52.8 Å². The maximum Gasteiger partial charge on any atom is 0.343 e. The van der Waals surface area contributed by atoms with Crippen molar-refractivity contribution in [2.75, 3.05) is 13.7 Å². The number of aromatic hydroxyl groups is 1. The number of rotatable bonds is 4. The quantitative estimate of drug-likeness (QED) is 0.710. The number of nitrogens with one attached hydrogen (secondary N) is 1. The number of benzene rings is 2. The summed E-state index contributed by atoms with van der Waals surface area (Å²) in [4.78, 5) is 29.7. The second-order valence-corrected chi connectivity index (χ2v) is 5.04. The molecule has 0 aliphatic carbocycles. The first-order valence-corrected chi connectivity index (χ1v) is 7.09. The van der Waals surface area contributed by atoms with Crippen molar-refractivity contribution in [1.29, 1.82) is 0 Å². The largest absolute Gasteiger partial charge is 0.508 e. The topological polar surface area (TPSA) is 102 Å². The van der Waals surface area contributed by atoms with Crippen LogP contribution in [-0.4, -0.2) is 34.8 Å². The monoisotopic (exact) mass is 326 g/mol. The molecule has 2 aromatic carbocycles. The van der Waals surface area contributed by atoms with Crippen LogP contribution in [0.25, 0.3) is 22.2 Å². The number of aromatic amines is 1. The Hall–Kier alpha value is -3.35. The molecule has 0 saturated carbocycles. The van der Waals surface area contributed by atoms with Crippen LogP contribution in [0.3, 0.4) is 0 Å². The Bertz CT molecular complexity index is 965. The molecule has 0 saturated heterocycles. The fraction of sp³-hybridized carbons (Fsp3) is 0.118. The van der Waals surface area contributed by atoms with Crippen LogP contribution in [0.1, 0.15) is 0 Å². The summed E-state index contributed by atoms with van der Waals surface area (Å²) in [6.45, 7) is -0.330. The Labute approximate surface area is 136 Å². The fourth-order valence-corrected chi connectivity index (χ4v) is 2.22. The third kappa shape index (κ3) is 3.35. The molecule has 1 heterocycles. The van der Waals surface area contributed by atoms with Crippen LogP contribution in [0, 0.1) is 0 Å². The Morgan fingerprint density at radius 1 is 1.17 bits per heavy atom. The van der Waals surface area contributed by atoms with E-state index in [1.807, 2.05) is 12.1 Å². The second-order valence-electron chi connectivity index (χ2n) is 5.04. The summed E-state index contributed by atoms with van der Waals surface area (Å²) in [6.07, 6.45) is 0. The zero-order chi connectivity index (χ0) is 17.1. The molecule has 3 aromatic rings. The first-order valence-electron chi connectivity index (χ1n) is 7.09. The van der Waals surface area contributed by atoms with Crippen LogP contribution in [0.2, 0.25) is 0 Å². The van der Waals surface area contributed by atoms with Gasteiger partial charge in [0, 0.05) is 5.56 Å². The Kier molecular flexibility index (Phi) is 4.15. The Balaban J connectivity index is 1.96. The minimum atomic E-state index is -0.566. The number of carbonyl (C=O) groups is 1. The molecule has 0 aliphatic rings. The number of ether oxygens (including phenoxy) is 2. The Morgan fingerprint density at radius 3 is 2.71 bits per heavy atom. The summed E-state index contributed by atoms with van der Waals surface area (Å²) >= 11 is 0. The van der Waals surface area contributed by atoms with E-state index in [0.717, 1.165) is 16.8 Å². The average molecular weight is 326 g/mol. The van der Waals surface area contributed by atoms with Crippen LogP contribution < -0.4 is 10.3 Å². The minimum Gasteiger partial charge on any atom is -0.508 e. The second kappa shape index (κ2) is 6.41. The molecular formula is C17H14N2O5. The predicted molar refractivity (Wildman–Crippen MR) is 87.0 cm³/mol. The van der Waals surface area contributed by atoms with Gasteiger partial charge in [0.1, 0.15) is 11.6 Å². The smallest absolute Gasteiger partial charge is 0.343 e. The maximum atomic E-state index is 11.8. The summed E-state index contributed by atoms with van der Waals surface area (Å²) in [5, 5.41) is 11.2. The lowest BCUT2D eigenvalue weighted by molar-refractivity contribution is -0.143. The number of H-pyrrole nitrogens is 1. The highest BCUT2D eigenvalue weighted by atomic mass is 16.6. The molecule has 7 nitrogen and oxygen atoms in total. The van der Waals surface area contributed by atoms with E-state index < -0.39 is 11.5 Å². The van der Waals surface area contributed by atoms with E-state index in [2.05, 4.69) is 14.7 Å². The molecule has 0 bridgehead atoms.